The largest absolute Gasteiger partial charge is 0.496 e. The molecule has 32 heavy (non-hydrogen) atoms. The monoisotopic (exact) mass is 549 g/mol. The van der Waals surface area contributed by atoms with Crippen LogP contribution in [0.25, 0.3) is 11.5 Å². The molecule has 0 aliphatic carbocycles. The van der Waals surface area contributed by atoms with Crippen LogP contribution in [-0.4, -0.2) is 50.6 Å². The lowest BCUT2D eigenvalue weighted by molar-refractivity contribution is 0.287. The summed E-state index contributed by atoms with van der Waals surface area (Å²) in [6.07, 6.45) is 1.67. The third kappa shape index (κ3) is 6.70. The van der Waals surface area contributed by atoms with E-state index in [1.54, 1.807) is 20.4 Å². The minimum Gasteiger partial charge on any atom is -0.496 e. The predicted octanol–water partition coefficient (Wildman–Crippen LogP) is 4.24. The van der Waals surface area contributed by atoms with E-state index in [-0.39, 0.29) is 30.0 Å². The van der Waals surface area contributed by atoms with E-state index in [1.165, 1.54) is 5.56 Å². The van der Waals surface area contributed by atoms with E-state index in [0.717, 1.165) is 22.6 Å². The van der Waals surface area contributed by atoms with Gasteiger partial charge in [0.15, 0.2) is 5.96 Å². The minimum atomic E-state index is 0. The molecule has 2 N–H and O–H groups in total. The highest BCUT2D eigenvalue weighted by molar-refractivity contribution is 14.0. The molecule has 3 aromatic rings. The fourth-order valence-electron chi connectivity index (χ4n) is 3.32. The lowest BCUT2D eigenvalue weighted by Crippen LogP contribution is -2.41. The van der Waals surface area contributed by atoms with Crippen LogP contribution in [0.4, 0.5) is 0 Å². The Balaban J connectivity index is 0.00000363. The molecule has 0 saturated heterocycles. The van der Waals surface area contributed by atoms with Gasteiger partial charge < -0.3 is 24.7 Å². The Morgan fingerprint density at radius 1 is 1.12 bits per heavy atom. The van der Waals surface area contributed by atoms with Crippen molar-refractivity contribution >= 4 is 29.9 Å². The number of rotatable bonds is 8. The molecule has 0 radical (unpaired) electrons. The molecular formula is C24H32IN5O2. The number of oxazole rings is 1. The quantitative estimate of drug-likeness (QED) is 0.249. The molecular weight excluding hydrogens is 517 g/mol. The van der Waals surface area contributed by atoms with Crippen molar-refractivity contribution in [3.63, 3.8) is 0 Å². The molecule has 0 spiro atoms. The van der Waals surface area contributed by atoms with Crippen LogP contribution in [0.5, 0.6) is 5.75 Å². The summed E-state index contributed by atoms with van der Waals surface area (Å²) < 4.78 is 11.2. The predicted molar refractivity (Wildman–Crippen MR) is 140 cm³/mol. The highest BCUT2D eigenvalue weighted by atomic mass is 127. The van der Waals surface area contributed by atoms with Crippen molar-refractivity contribution in [2.24, 2.45) is 4.99 Å². The molecule has 3 rings (SSSR count). The summed E-state index contributed by atoms with van der Waals surface area (Å²) in [5.74, 6) is 2.18. The maximum atomic E-state index is 5.64. The van der Waals surface area contributed by atoms with Crippen molar-refractivity contribution < 1.29 is 9.15 Å². The third-order valence-corrected chi connectivity index (χ3v) is 5.09. The molecule has 0 aliphatic heterocycles. The summed E-state index contributed by atoms with van der Waals surface area (Å²) in [5, 5.41) is 6.70. The number of aromatic nitrogens is 1. The van der Waals surface area contributed by atoms with Gasteiger partial charge in [0.05, 0.1) is 25.4 Å². The molecule has 1 aromatic heterocycles. The normalized spacial score (nSPS) is 12.2. The van der Waals surface area contributed by atoms with E-state index in [0.29, 0.717) is 24.9 Å². The number of methoxy groups -OCH3 is 1. The zero-order chi connectivity index (χ0) is 22.2. The Morgan fingerprint density at radius 3 is 2.50 bits per heavy atom. The topological polar surface area (TPSA) is 74.9 Å². The number of para-hydroxylation sites is 1. The molecule has 1 unspecified atom stereocenters. The standard InChI is InChI=1S/C24H31N5O2.HI/c1-17-10-12-18(13-11-17)23-28-19(16-31-23)14-26-24(25-2)27-15-21(29(3)4)20-8-6-7-9-22(20)30-5;/h6-13,16,21H,14-15H2,1-5H3,(H2,25,26,27);1H. The molecule has 7 nitrogen and oxygen atoms in total. The van der Waals surface area contributed by atoms with Gasteiger partial charge in [0.2, 0.25) is 5.89 Å². The van der Waals surface area contributed by atoms with Crippen molar-refractivity contribution in [2.75, 3.05) is 34.8 Å². The van der Waals surface area contributed by atoms with E-state index in [4.69, 9.17) is 9.15 Å². The lowest BCUT2D eigenvalue weighted by atomic mass is 10.0. The summed E-state index contributed by atoms with van der Waals surface area (Å²) in [4.78, 5) is 11.1. The second-order valence-corrected chi connectivity index (χ2v) is 7.54. The molecule has 0 saturated carbocycles. The fraction of sp³-hybridized carbons (Fsp3) is 0.333. The van der Waals surface area contributed by atoms with Crippen LogP contribution in [0.3, 0.4) is 0 Å². The number of aliphatic imine (C=N–C) groups is 1. The van der Waals surface area contributed by atoms with E-state index in [9.17, 15) is 0 Å². The highest BCUT2D eigenvalue weighted by Gasteiger charge is 2.18. The van der Waals surface area contributed by atoms with Crippen molar-refractivity contribution in [3.8, 4) is 17.2 Å². The number of likely N-dealkylation sites (N-methyl/N-ethyl adjacent to an activating group) is 1. The average molecular weight is 549 g/mol. The minimum absolute atomic E-state index is 0. The van der Waals surface area contributed by atoms with Gasteiger partial charge in [-0.3, -0.25) is 4.99 Å². The number of benzene rings is 2. The molecule has 0 amide bonds. The van der Waals surface area contributed by atoms with E-state index in [2.05, 4.69) is 52.6 Å². The van der Waals surface area contributed by atoms with Gasteiger partial charge in [0.25, 0.3) is 0 Å². The van der Waals surface area contributed by atoms with Gasteiger partial charge in [-0.25, -0.2) is 4.98 Å². The zero-order valence-corrected chi connectivity index (χ0v) is 21.6. The van der Waals surface area contributed by atoms with Crippen LogP contribution in [0, 0.1) is 6.92 Å². The van der Waals surface area contributed by atoms with Crippen LogP contribution in [0.1, 0.15) is 22.9 Å². The lowest BCUT2D eigenvalue weighted by Gasteiger charge is -2.27. The number of aryl methyl sites for hydroxylation is 1. The average Bonchev–Trinajstić information content (AvgIpc) is 3.25. The van der Waals surface area contributed by atoms with Crippen molar-refractivity contribution in [3.05, 3.63) is 71.6 Å². The molecule has 1 atom stereocenters. The Morgan fingerprint density at radius 2 is 1.84 bits per heavy atom. The number of guanidine groups is 1. The van der Waals surface area contributed by atoms with Gasteiger partial charge in [0.1, 0.15) is 12.0 Å². The van der Waals surface area contributed by atoms with Gasteiger partial charge in [0, 0.05) is 24.7 Å². The second-order valence-electron chi connectivity index (χ2n) is 7.54. The first-order chi connectivity index (χ1) is 15.0. The smallest absolute Gasteiger partial charge is 0.226 e. The fourth-order valence-corrected chi connectivity index (χ4v) is 3.32. The van der Waals surface area contributed by atoms with Crippen LogP contribution >= 0.6 is 24.0 Å². The van der Waals surface area contributed by atoms with Crippen LogP contribution in [-0.2, 0) is 6.54 Å². The second kappa shape index (κ2) is 12.4. The van der Waals surface area contributed by atoms with Crippen molar-refractivity contribution in [2.45, 2.75) is 19.5 Å². The number of hydrogen-bond donors (Lipinski definition) is 2. The highest BCUT2D eigenvalue weighted by Crippen LogP contribution is 2.27. The number of hydrogen-bond acceptors (Lipinski definition) is 5. The van der Waals surface area contributed by atoms with Crippen LogP contribution in [0.2, 0.25) is 0 Å². The molecule has 0 fully saturated rings. The molecule has 0 bridgehead atoms. The van der Waals surface area contributed by atoms with Gasteiger partial charge in [-0.1, -0.05) is 35.9 Å². The number of halogens is 1. The summed E-state index contributed by atoms with van der Waals surface area (Å²) in [5.41, 5.74) is 4.10. The Hall–Kier alpha value is -2.59. The summed E-state index contributed by atoms with van der Waals surface area (Å²) in [6, 6.07) is 16.3. The van der Waals surface area contributed by atoms with Gasteiger partial charge in [-0.15, -0.1) is 24.0 Å². The first-order valence-electron chi connectivity index (χ1n) is 10.3. The summed E-state index contributed by atoms with van der Waals surface area (Å²) >= 11 is 0. The van der Waals surface area contributed by atoms with E-state index in [1.807, 2.05) is 42.5 Å². The van der Waals surface area contributed by atoms with Crippen molar-refractivity contribution in [1.82, 2.24) is 20.5 Å². The Labute approximate surface area is 207 Å². The number of ether oxygens (including phenoxy) is 1. The maximum absolute atomic E-state index is 5.64. The SMILES string of the molecule is CN=C(NCc1coc(-c2ccc(C)cc2)n1)NCC(c1ccccc1OC)N(C)C.I. The first-order valence-corrected chi connectivity index (χ1v) is 10.3. The molecule has 172 valence electrons. The third-order valence-electron chi connectivity index (χ3n) is 5.09. The van der Waals surface area contributed by atoms with Crippen LogP contribution in [0.15, 0.2) is 64.2 Å². The van der Waals surface area contributed by atoms with Crippen molar-refractivity contribution in [1.29, 1.82) is 0 Å². The molecule has 8 heteroatoms. The van der Waals surface area contributed by atoms with E-state index < -0.39 is 0 Å². The summed E-state index contributed by atoms with van der Waals surface area (Å²) in [6.45, 7) is 3.23. The van der Waals surface area contributed by atoms with Gasteiger partial charge >= 0.3 is 0 Å². The molecule has 2 aromatic carbocycles. The summed E-state index contributed by atoms with van der Waals surface area (Å²) in [7, 11) is 7.56. The van der Waals surface area contributed by atoms with Gasteiger partial charge in [-0.05, 0) is 39.2 Å². The maximum Gasteiger partial charge on any atom is 0.226 e. The molecule has 0 aliphatic rings. The first kappa shape index (κ1) is 25.7. The van der Waals surface area contributed by atoms with Crippen LogP contribution < -0.4 is 15.4 Å². The Kier molecular flexibility index (Phi) is 9.98. The number of nitrogens with one attached hydrogen (secondary N) is 2. The van der Waals surface area contributed by atoms with Gasteiger partial charge in [-0.2, -0.15) is 0 Å². The van der Waals surface area contributed by atoms with E-state index >= 15 is 0 Å². The Bertz CT molecular complexity index is 1000. The number of nitrogens with zero attached hydrogens (tertiary/aromatic N) is 3. The molecule has 1 heterocycles. The zero-order valence-electron chi connectivity index (χ0n) is 19.3.